The summed E-state index contributed by atoms with van der Waals surface area (Å²) in [4.78, 5) is 14.0. The fraction of sp³-hybridized carbons (Fsp3) is 0.462. The first-order valence-corrected chi connectivity index (χ1v) is 6.57. The van der Waals surface area contributed by atoms with Crippen LogP contribution in [0.2, 0.25) is 0 Å². The Hall–Kier alpha value is -0.870. The van der Waals surface area contributed by atoms with Crippen molar-refractivity contribution in [1.82, 2.24) is 5.32 Å². The first-order valence-electron chi connectivity index (χ1n) is 5.78. The standard InChI is InChI=1S/C13H19BrN2O/c1-4-10(9-15-2)13(17)16(3)12-8-6-5-7-11(12)14/h5-8,10,15H,4,9H2,1-3H3. The van der Waals surface area contributed by atoms with E-state index < -0.39 is 0 Å². The van der Waals surface area contributed by atoms with Gasteiger partial charge in [-0.15, -0.1) is 0 Å². The minimum absolute atomic E-state index is 0.0251. The van der Waals surface area contributed by atoms with Crippen LogP contribution in [0.4, 0.5) is 5.69 Å². The quantitative estimate of drug-likeness (QED) is 0.906. The average Bonchev–Trinajstić information content (AvgIpc) is 2.35. The fourth-order valence-electron chi connectivity index (χ4n) is 1.77. The Balaban J connectivity index is 2.85. The van der Waals surface area contributed by atoms with Crippen molar-refractivity contribution in [3.63, 3.8) is 0 Å². The van der Waals surface area contributed by atoms with Crippen LogP contribution in [-0.4, -0.2) is 26.5 Å². The van der Waals surface area contributed by atoms with Crippen LogP contribution in [0.5, 0.6) is 0 Å². The van der Waals surface area contributed by atoms with Gasteiger partial charge < -0.3 is 10.2 Å². The fourth-order valence-corrected chi connectivity index (χ4v) is 2.32. The number of rotatable bonds is 5. The van der Waals surface area contributed by atoms with E-state index in [1.807, 2.05) is 45.3 Å². The first kappa shape index (κ1) is 14.2. The Labute approximate surface area is 111 Å². The highest BCUT2D eigenvalue weighted by atomic mass is 79.9. The van der Waals surface area contributed by atoms with Crippen LogP contribution in [0.3, 0.4) is 0 Å². The largest absolute Gasteiger partial charge is 0.319 e. The number of anilines is 1. The lowest BCUT2D eigenvalue weighted by molar-refractivity contribution is -0.122. The molecule has 0 aliphatic carbocycles. The summed E-state index contributed by atoms with van der Waals surface area (Å²) in [5, 5.41) is 3.06. The van der Waals surface area contributed by atoms with E-state index in [-0.39, 0.29) is 11.8 Å². The molecule has 1 amide bonds. The van der Waals surface area contributed by atoms with Crippen LogP contribution in [0.25, 0.3) is 0 Å². The molecule has 0 saturated carbocycles. The van der Waals surface area contributed by atoms with E-state index in [9.17, 15) is 4.79 Å². The van der Waals surface area contributed by atoms with Crippen molar-refractivity contribution in [2.24, 2.45) is 5.92 Å². The molecule has 0 spiro atoms. The summed E-state index contributed by atoms with van der Waals surface area (Å²) in [7, 11) is 3.69. The van der Waals surface area contributed by atoms with E-state index in [1.54, 1.807) is 4.90 Å². The highest BCUT2D eigenvalue weighted by Gasteiger charge is 2.21. The third-order valence-electron chi connectivity index (χ3n) is 2.84. The van der Waals surface area contributed by atoms with Crippen LogP contribution >= 0.6 is 15.9 Å². The Morgan fingerprint density at radius 2 is 2.12 bits per heavy atom. The summed E-state index contributed by atoms with van der Waals surface area (Å²) in [6, 6.07) is 7.76. The lowest BCUT2D eigenvalue weighted by Gasteiger charge is -2.23. The molecular weight excluding hydrogens is 280 g/mol. The van der Waals surface area contributed by atoms with E-state index >= 15 is 0 Å². The van der Waals surface area contributed by atoms with Gasteiger partial charge in [-0.05, 0) is 41.5 Å². The number of benzene rings is 1. The van der Waals surface area contributed by atoms with Crippen molar-refractivity contribution in [2.75, 3.05) is 25.5 Å². The van der Waals surface area contributed by atoms with Crippen LogP contribution < -0.4 is 10.2 Å². The molecule has 1 aromatic carbocycles. The molecule has 1 atom stereocenters. The molecule has 17 heavy (non-hydrogen) atoms. The number of hydrogen-bond donors (Lipinski definition) is 1. The zero-order chi connectivity index (χ0) is 12.8. The van der Waals surface area contributed by atoms with E-state index in [0.717, 1.165) is 16.6 Å². The molecule has 94 valence electrons. The minimum atomic E-state index is 0.0251. The normalized spacial score (nSPS) is 12.2. The van der Waals surface area contributed by atoms with E-state index in [4.69, 9.17) is 0 Å². The molecule has 1 aromatic rings. The zero-order valence-electron chi connectivity index (χ0n) is 10.5. The molecule has 0 aromatic heterocycles. The van der Waals surface area contributed by atoms with Crippen molar-refractivity contribution >= 4 is 27.5 Å². The van der Waals surface area contributed by atoms with Crippen LogP contribution in [0.15, 0.2) is 28.7 Å². The van der Waals surface area contributed by atoms with Crippen molar-refractivity contribution in [1.29, 1.82) is 0 Å². The molecular formula is C13H19BrN2O. The van der Waals surface area contributed by atoms with E-state index in [2.05, 4.69) is 21.2 Å². The van der Waals surface area contributed by atoms with Gasteiger partial charge in [-0.3, -0.25) is 4.79 Å². The summed E-state index contributed by atoms with van der Waals surface area (Å²) in [6.07, 6.45) is 0.842. The summed E-state index contributed by atoms with van der Waals surface area (Å²) < 4.78 is 0.940. The van der Waals surface area contributed by atoms with Crippen molar-refractivity contribution < 1.29 is 4.79 Å². The summed E-state index contributed by atoms with van der Waals surface area (Å²) >= 11 is 3.47. The maximum atomic E-state index is 12.3. The summed E-state index contributed by atoms with van der Waals surface area (Å²) in [5.41, 5.74) is 0.909. The second-order valence-corrected chi connectivity index (χ2v) is 4.87. The Bertz CT molecular complexity index is 381. The molecule has 1 unspecified atom stereocenters. The van der Waals surface area contributed by atoms with E-state index in [1.165, 1.54) is 0 Å². The number of amides is 1. The maximum Gasteiger partial charge on any atom is 0.231 e. The molecule has 3 nitrogen and oxygen atoms in total. The van der Waals surface area contributed by atoms with Gasteiger partial charge in [-0.2, -0.15) is 0 Å². The molecule has 0 bridgehead atoms. The zero-order valence-corrected chi connectivity index (χ0v) is 12.1. The van der Waals surface area contributed by atoms with Crippen molar-refractivity contribution in [3.05, 3.63) is 28.7 Å². The van der Waals surface area contributed by atoms with Gasteiger partial charge in [0.05, 0.1) is 11.6 Å². The molecule has 1 N–H and O–H groups in total. The van der Waals surface area contributed by atoms with Gasteiger partial charge in [0.25, 0.3) is 0 Å². The van der Waals surface area contributed by atoms with Gasteiger partial charge in [-0.1, -0.05) is 19.1 Å². The molecule has 0 saturated heterocycles. The third kappa shape index (κ3) is 3.54. The van der Waals surface area contributed by atoms with Crippen LogP contribution in [0.1, 0.15) is 13.3 Å². The Morgan fingerprint density at radius 1 is 1.47 bits per heavy atom. The molecule has 1 rings (SSSR count). The molecule has 0 aliphatic heterocycles. The smallest absolute Gasteiger partial charge is 0.231 e. The SMILES string of the molecule is CCC(CNC)C(=O)N(C)c1ccccc1Br. The number of carbonyl (C=O) groups excluding carboxylic acids is 1. The summed E-state index contributed by atoms with van der Waals surface area (Å²) in [5.74, 6) is 0.172. The lowest BCUT2D eigenvalue weighted by atomic mass is 10.0. The van der Waals surface area contributed by atoms with Gasteiger partial charge in [0.2, 0.25) is 5.91 Å². The molecule has 0 heterocycles. The predicted octanol–water partition coefficient (Wildman–Crippen LogP) is 2.66. The minimum Gasteiger partial charge on any atom is -0.319 e. The highest BCUT2D eigenvalue weighted by Crippen LogP contribution is 2.26. The van der Waals surface area contributed by atoms with Crippen LogP contribution in [-0.2, 0) is 4.79 Å². The van der Waals surface area contributed by atoms with Gasteiger partial charge in [0.1, 0.15) is 0 Å². The number of hydrogen-bond acceptors (Lipinski definition) is 2. The number of nitrogens with one attached hydrogen (secondary N) is 1. The van der Waals surface area contributed by atoms with Crippen LogP contribution in [0, 0.1) is 5.92 Å². The Morgan fingerprint density at radius 3 is 2.65 bits per heavy atom. The van der Waals surface area contributed by atoms with Gasteiger partial charge in [-0.25, -0.2) is 0 Å². The second kappa shape index (κ2) is 6.77. The van der Waals surface area contributed by atoms with Gasteiger partial charge in [0.15, 0.2) is 0 Å². The number of para-hydroxylation sites is 1. The molecule has 0 radical (unpaired) electrons. The van der Waals surface area contributed by atoms with Gasteiger partial charge in [0, 0.05) is 18.1 Å². The first-order chi connectivity index (χ1) is 8.11. The second-order valence-electron chi connectivity index (χ2n) is 4.01. The third-order valence-corrected chi connectivity index (χ3v) is 3.51. The number of nitrogens with zero attached hydrogens (tertiary/aromatic N) is 1. The maximum absolute atomic E-state index is 12.3. The number of carbonyl (C=O) groups is 1. The highest BCUT2D eigenvalue weighted by molar-refractivity contribution is 9.10. The molecule has 0 fully saturated rings. The topological polar surface area (TPSA) is 32.3 Å². The molecule has 4 heteroatoms. The van der Waals surface area contributed by atoms with E-state index in [0.29, 0.717) is 6.54 Å². The van der Waals surface area contributed by atoms with Gasteiger partial charge >= 0.3 is 0 Å². The van der Waals surface area contributed by atoms with Crippen molar-refractivity contribution in [2.45, 2.75) is 13.3 Å². The monoisotopic (exact) mass is 298 g/mol. The summed E-state index contributed by atoms with van der Waals surface area (Å²) in [6.45, 7) is 2.75. The number of halogens is 1. The predicted molar refractivity (Wildman–Crippen MR) is 75.3 cm³/mol. The lowest BCUT2D eigenvalue weighted by Crippen LogP contribution is -2.37. The Kier molecular flexibility index (Phi) is 5.65. The van der Waals surface area contributed by atoms with Crippen molar-refractivity contribution in [3.8, 4) is 0 Å². The average molecular weight is 299 g/mol. The molecule has 0 aliphatic rings.